The van der Waals surface area contributed by atoms with Gasteiger partial charge in [0.15, 0.2) is 0 Å². The van der Waals surface area contributed by atoms with Crippen molar-refractivity contribution in [3.05, 3.63) is 11.3 Å². The van der Waals surface area contributed by atoms with Gasteiger partial charge in [0.1, 0.15) is 17.3 Å². The second kappa shape index (κ2) is 3.43. The summed E-state index contributed by atoms with van der Waals surface area (Å²) >= 11 is 1.14. The maximum Gasteiger partial charge on any atom is 0.313 e. The molecule has 0 spiro atoms. The molecular formula is C6H8N2O2S. The van der Waals surface area contributed by atoms with Crippen LogP contribution in [-0.2, 0) is 4.79 Å². The topological polar surface area (TPSA) is 63.1 Å². The van der Waals surface area contributed by atoms with Crippen molar-refractivity contribution in [2.24, 2.45) is 0 Å². The number of carboxylic acid groups (broad SMARTS) is 1. The van der Waals surface area contributed by atoms with E-state index >= 15 is 0 Å². The fourth-order valence-corrected chi connectivity index (χ4v) is 1.48. The molecule has 1 aromatic rings. The molecule has 0 aromatic carbocycles. The number of carboxylic acids is 1. The second-order valence-electron chi connectivity index (χ2n) is 2.08. The van der Waals surface area contributed by atoms with E-state index in [0.717, 1.165) is 11.5 Å². The third-order valence-electron chi connectivity index (χ3n) is 1.38. The molecule has 0 aliphatic heterocycles. The molecule has 0 aliphatic rings. The van der Waals surface area contributed by atoms with E-state index in [9.17, 15) is 4.79 Å². The first-order valence-corrected chi connectivity index (χ1v) is 4.02. The largest absolute Gasteiger partial charge is 0.481 e. The van der Waals surface area contributed by atoms with Crippen LogP contribution in [-0.4, -0.2) is 20.4 Å². The van der Waals surface area contributed by atoms with Crippen molar-refractivity contribution in [3.8, 4) is 0 Å². The molecule has 60 valence electrons. The van der Waals surface area contributed by atoms with Crippen molar-refractivity contribution in [1.29, 1.82) is 0 Å². The first-order chi connectivity index (χ1) is 5.25. The lowest BCUT2D eigenvalue weighted by atomic mass is 10.1. The molecule has 0 aliphatic carbocycles. The number of aromatic nitrogens is 2. The van der Waals surface area contributed by atoms with Crippen LogP contribution in [0.15, 0.2) is 6.33 Å². The number of carbonyl (C=O) groups is 1. The normalized spacial score (nSPS) is 12.8. The van der Waals surface area contributed by atoms with Crippen molar-refractivity contribution < 1.29 is 9.90 Å². The molecule has 1 N–H and O–H groups in total. The van der Waals surface area contributed by atoms with Gasteiger partial charge in [0.05, 0.1) is 0 Å². The Labute approximate surface area is 68.1 Å². The zero-order valence-corrected chi connectivity index (χ0v) is 6.84. The van der Waals surface area contributed by atoms with Gasteiger partial charge in [0.2, 0.25) is 0 Å². The minimum absolute atomic E-state index is 0.484. The summed E-state index contributed by atoms with van der Waals surface area (Å²) in [7, 11) is 0. The van der Waals surface area contributed by atoms with Crippen molar-refractivity contribution in [1.82, 2.24) is 9.36 Å². The first kappa shape index (κ1) is 8.13. The van der Waals surface area contributed by atoms with E-state index in [1.165, 1.54) is 6.33 Å². The van der Waals surface area contributed by atoms with E-state index in [-0.39, 0.29) is 0 Å². The van der Waals surface area contributed by atoms with Gasteiger partial charge in [-0.15, -0.1) is 0 Å². The lowest BCUT2D eigenvalue weighted by Gasteiger charge is -2.02. The van der Waals surface area contributed by atoms with Gasteiger partial charge in [-0.25, -0.2) is 4.98 Å². The molecule has 4 nitrogen and oxygen atoms in total. The molecule has 0 amide bonds. The average Bonchev–Trinajstić information content (AvgIpc) is 2.40. The summed E-state index contributed by atoms with van der Waals surface area (Å²) in [5, 5.41) is 9.27. The van der Waals surface area contributed by atoms with Gasteiger partial charge in [-0.1, -0.05) is 6.92 Å². The summed E-state index contributed by atoms with van der Waals surface area (Å²) < 4.78 is 3.74. The molecular weight excluding hydrogens is 164 g/mol. The number of nitrogens with zero attached hydrogens (tertiary/aromatic N) is 2. The van der Waals surface area contributed by atoms with E-state index in [1.54, 1.807) is 0 Å². The molecule has 1 heterocycles. The summed E-state index contributed by atoms with van der Waals surface area (Å²) in [6.45, 7) is 1.82. The molecule has 0 saturated carbocycles. The highest BCUT2D eigenvalue weighted by molar-refractivity contribution is 7.05. The van der Waals surface area contributed by atoms with Gasteiger partial charge >= 0.3 is 5.97 Å². The first-order valence-electron chi connectivity index (χ1n) is 3.25. The van der Waals surface area contributed by atoms with Crippen molar-refractivity contribution in [3.63, 3.8) is 0 Å². The quantitative estimate of drug-likeness (QED) is 0.742. The smallest absolute Gasteiger partial charge is 0.313 e. The van der Waals surface area contributed by atoms with Crippen molar-refractivity contribution in [2.45, 2.75) is 19.3 Å². The highest BCUT2D eigenvalue weighted by atomic mass is 32.1. The van der Waals surface area contributed by atoms with Crippen LogP contribution < -0.4 is 0 Å². The fourth-order valence-electron chi connectivity index (χ4n) is 0.790. The molecule has 0 bridgehead atoms. The lowest BCUT2D eigenvalue weighted by molar-refractivity contribution is -0.138. The predicted molar refractivity (Wildman–Crippen MR) is 40.6 cm³/mol. The molecule has 1 unspecified atom stereocenters. The Kier molecular flexibility index (Phi) is 2.53. The minimum Gasteiger partial charge on any atom is -0.481 e. The van der Waals surface area contributed by atoms with Crippen molar-refractivity contribution >= 4 is 17.5 Å². The van der Waals surface area contributed by atoms with E-state index in [1.807, 2.05) is 6.92 Å². The van der Waals surface area contributed by atoms with Crippen LogP contribution in [0.5, 0.6) is 0 Å². The van der Waals surface area contributed by atoms with Crippen molar-refractivity contribution in [2.75, 3.05) is 0 Å². The Hall–Kier alpha value is -0.970. The van der Waals surface area contributed by atoms with Gasteiger partial charge in [0.25, 0.3) is 0 Å². The van der Waals surface area contributed by atoms with E-state index < -0.39 is 11.9 Å². The lowest BCUT2D eigenvalue weighted by Crippen LogP contribution is -2.09. The molecule has 0 fully saturated rings. The van der Waals surface area contributed by atoms with Crippen LogP contribution in [0.2, 0.25) is 0 Å². The summed E-state index contributed by atoms with van der Waals surface area (Å²) in [5.41, 5.74) is 0. The number of hydrogen-bond donors (Lipinski definition) is 1. The molecule has 0 radical (unpaired) electrons. The number of rotatable bonds is 3. The molecule has 11 heavy (non-hydrogen) atoms. The van der Waals surface area contributed by atoms with Gasteiger partial charge in [0, 0.05) is 0 Å². The zero-order valence-electron chi connectivity index (χ0n) is 6.02. The standard InChI is InChI=1S/C6H8N2O2S/c1-2-4(6(9)10)5-7-3-8-11-5/h3-4H,2H2,1H3,(H,9,10). The number of hydrogen-bond acceptors (Lipinski definition) is 4. The molecule has 1 atom stereocenters. The van der Waals surface area contributed by atoms with E-state index in [0.29, 0.717) is 11.4 Å². The fraction of sp³-hybridized carbons (Fsp3) is 0.500. The Bertz CT molecular complexity index is 235. The van der Waals surface area contributed by atoms with Crippen LogP contribution >= 0.6 is 11.5 Å². The van der Waals surface area contributed by atoms with E-state index in [2.05, 4.69) is 9.36 Å². The average molecular weight is 172 g/mol. The van der Waals surface area contributed by atoms with Gasteiger partial charge in [-0.2, -0.15) is 4.37 Å². The van der Waals surface area contributed by atoms with Crippen LogP contribution in [0.1, 0.15) is 24.3 Å². The van der Waals surface area contributed by atoms with Gasteiger partial charge < -0.3 is 5.11 Å². The highest BCUT2D eigenvalue weighted by Crippen LogP contribution is 2.19. The van der Waals surface area contributed by atoms with Crippen LogP contribution in [0, 0.1) is 0 Å². The Morgan fingerprint density at radius 1 is 1.91 bits per heavy atom. The third-order valence-corrected chi connectivity index (χ3v) is 2.16. The minimum atomic E-state index is -0.829. The maximum absolute atomic E-state index is 10.6. The molecule has 0 saturated heterocycles. The Balaban J connectivity index is 2.79. The van der Waals surface area contributed by atoms with Crippen LogP contribution in [0.3, 0.4) is 0 Å². The Morgan fingerprint density at radius 2 is 2.64 bits per heavy atom. The zero-order chi connectivity index (χ0) is 8.27. The van der Waals surface area contributed by atoms with Gasteiger partial charge in [-0.3, -0.25) is 4.79 Å². The monoisotopic (exact) mass is 172 g/mol. The predicted octanol–water partition coefficient (Wildman–Crippen LogP) is 1.12. The summed E-state index contributed by atoms with van der Waals surface area (Å²) in [4.78, 5) is 14.4. The summed E-state index contributed by atoms with van der Waals surface area (Å²) in [5.74, 6) is -1.31. The van der Waals surface area contributed by atoms with Crippen LogP contribution in [0.25, 0.3) is 0 Å². The second-order valence-corrected chi connectivity index (χ2v) is 2.89. The SMILES string of the molecule is CCC(C(=O)O)c1ncns1. The third kappa shape index (κ3) is 1.74. The van der Waals surface area contributed by atoms with E-state index in [4.69, 9.17) is 5.11 Å². The van der Waals surface area contributed by atoms with Gasteiger partial charge in [-0.05, 0) is 18.0 Å². The molecule has 5 heteroatoms. The summed E-state index contributed by atoms with van der Waals surface area (Å²) in [6, 6.07) is 0. The molecule has 1 rings (SSSR count). The number of aliphatic carboxylic acids is 1. The van der Waals surface area contributed by atoms with Crippen LogP contribution in [0.4, 0.5) is 0 Å². The highest BCUT2D eigenvalue weighted by Gasteiger charge is 2.20. The Morgan fingerprint density at radius 3 is 3.00 bits per heavy atom. The maximum atomic E-state index is 10.6. The molecule has 1 aromatic heterocycles. The summed E-state index contributed by atoms with van der Waals surface area (Å²) in [6.07, 6.45) is 1.94.